The van der Waals surface area contributed by atoms with Crippen LogP contribution in [0, 0.1) is 29.6 Å². The molecule has 8 nitrogen and oxygen atoms in total. The highest BCUT2D eigenvalue weighted by atomic mass is 16.5. The Labute approximate surface area is 145 Å². The molecule has 0 aromatic carbocycles. The fourth-order valence-electron chi connectivity index (χ4n) is 3.62. The molecule has 2 aliphatic rings. The Bertz CT molecular complexity index is 772. The van der Waals surface area contributed by atoms with E-state index in [1.807, 2.05) is 4.90 Å². The summed E-state index contributed by atoms with van der Waals surface area (Å²) in [4.78, 5) is 30.5. The van der Waals surface area contributed by atoms with Gasteiger partial charge in [0.25, 0.3) is 0 Å². The van der Waals surface area contributed by atoms with Crippen LogP contribution in [0.2, 0.25) is 0 Å². The molecule has 0 saturated carbocycles. The highest BCUT2D eigenvalue weighted by Crippen LogP contribution is 2.44. The molecule has 0 unspecified atom stereocenters. The Morgan fingerprint density at radius 3 is 2.84 bits per heavy atom. The molecule has 0 radical (unpaired) electrons. The molecule has 2 atom stereocenters. The van der Waals surface area contributed by atoms with Gasteiger partial charge in [-0.15, -0.1) is 0 Å². The standard InChI is InChI=1S/C17H19N3O5/c1-10-13(15(21)23-2)4-11(5-18)14(19-10)20-6-12-7-25-9-17(12,8-20)16(22)24-3/h4,12H,6-9H2,1-3H3/t12-,17-/m0/s1. The van der Waals surface area contributed by atoms with Gasteiger partial charge in [-0.3, -0.25) is 4.79 Å². The third-order valence-electron chi connectivity index (χ3n) is 4.98. The molecule has 0 N–H and O–H groups in total. The lowest BCUT2D eigenvalue weighted by Gasteiger charge is -2.25. The molecule has 2 aliphatic heterocycles. The molecule has 3 heterocycles. The van der Waals surface area contributed by atoms with Crippen molar-refractivity contribution in [1.82, 2.24) is 4.98 Å². The molecule has 132 valence electrons. The van der Waals surface area contributed by atoms with Crippen LogP contribution in [0.15, 0.2) is 6.07 Å². The topological polar surface area (TPSA) is 102 Å². The van der Waals surface area contributed by atoms with Crippen molar-refractivity contribution >= 4 is 17.8 Å². The monoisotopic (exact) mass is 345 g/mol. The summed E-state index contributed by atoms with van der Waals surface area (Å²) in [7, 11) is 2.65. The Hall–Kier alpha value is -2.66. The Morgan fingerprint density at radius 2 is 2.20 bits per heavy atom. The minimum absolute atomic E-state index is 0.0196. The van der Waals surface area contributed by atoms with Gasteiger partial charge < -0.3 is 19.1 Å². The van der Waals surface area contributed by atoms with E-state index in [2.05, 4.69) is 11.1 Å². The fourth-order valence-corrected chi connectivity index (χ4v) is 3.62. The Kier molecular flexibility index (Phi) is 4.35. The van der Waals surface area contributed by atoms with Crippen LogP contribution in [0.25, 0.3) is 0 Å². The van der Waals surface area contributed by atoms with Gasteiger partial charge in [0.2, 0.25) is 0 Å². The van der Waals surface area contributed by atoms with Gasteiger partial charge in [0.05, 0.1) is 44.3 Å². The van der Waals surface area contributed by atoms with Crippen molar-refractivity contribution in [2.24, 2.45) is 11.3 Å². The van der Waals surface area contributed by atoms with Crippen LogP contribution >= 0.6 is 0 Å². The van der Waals surface area contributed by atoms with Crippen LogP contribution in [-0.2, 0) is 19.0 Å². The molecule has 0 spiro atoms. The minimum atomic E-state index is -0.738. The number of esters is 2. The maximum Gasteiger partial charge on any atom is 0.339 e. The number of rotatable bonds is 3. The minimum Gasteiger partial charge on any atom is -0.468 e. The van der Waals surface area contributed by atoms with Crippen LogP contribution in [0.1, 0.15) is 21.6 Å². The van der Waals surface area contributed by atoms with Gasteiger partial charge in [-0.1, -0.05) is 0 Å². The molecule has 0 bridgehead atoms. The van der Waals surface area contributed by atoms with Crippen molar-refractivity contribution in [2.75, 3.05) is 45.4 Å². The summed E-state index contributed by atoms with van der Waals surface area (Å²) in [6.45, 7) is 3.35. The van der Waals surface area contributed by atoms with Gasteiger partial charge in [-0.25, -0.2) is 9.78 Å². The van der Waals surface area contributed by atoms with Crippen LogP contribution in [0.4, 0.5) is 5.82 Å². The number of aryl methyl sites for hydroxylation is 1. The Morgan fingerprint density at radius 1 is 1.44 bits per heavy atom. The van der Waals surface area contributed by atoms with Gasteiger partial charge in [0.1, 0.15) is 17.3 Å². The van der Waals surface area contributed by atoms with Crippen molar-refractivity contribution in [1.29, 1.82) is 5.26 Å². The number of pyridine rings is 1. The number of aromatic nitrogens is 1. The molecule has 8 heteroatoms. The lowest BCUT2D eigenvalue weighted by molar-refractivity contribution is -0.152. The third kappa shape index (κ3) is 2.61. The number of fused-ring (bicyclic) bond motifs is 1. The Balaban J connectivity index is 1.98. The second-order valence-electron chi connectivity index (χ2n) is 6.34. The maximum absolute atomic E-state index is 12.3. The first-order valence-electron chi connectivity index (χ1n) is 7.88. The van der Waals surface area contributed by atoms with Gasteiger partial charge in [-0.2, -0.15) is 5.26 Å². The zero-order chi connectivity index (χ0) is 18.2. The number of carbonyl (C=O) groups is 2. The number of ether oxygens (including phenoxy) is 3. The number of nitrogens with zero attached hydrogens (tertiary/aromatic N) is 3. The van der Waals surface area contributed by atoms with Crippen molar-refractivity contribution in [3.8, 4) is 6.07 Å². The van der Waals surface area contributed by atoms with Crippen LogP contribution < -0.4 is 4.90 Å². The second-order valence-corrected chi connectivity index (χ2v) is 6.34. The first kappa shape index (κ1) is 17.2. The molecule has 25 heavy (non-hydrogen) atoms. The van der Waals surface area contributed by atoms with E-state index in [4.69, 9.17) is 14.2 Å². The quantitative estimate of drug-likeness (QED) is 0.737. The van der Waals surface area contributed by atoms with Gasteiger partial charge in [0.15, 0.2) is 0 Å². The average Bonchev–Trinajstić information content (AvgIpc) is 3.18. The SMILES string of the molecule is COC(=O)c1cc(C#N)c(N2C[C@H]3COC[C@@]3(C(=O)OC)C2)nc1C. The van der Waals surface area contributed by atoms with E-state index in [-0.39, 0.29) is 23.0 Å². The third-order valence-corrected chi connectivity index (χ3v) is 4.98. The number of carbonyl (C=O) groups excluding carboxylic acids is 2. The fraction of sp³-hybridized carbons (Fsp3) is 0.529. The van der Waals surface area contributed by atoms with Crippen molar-refractivity contribution in [2.45, 2.75) is 6.92 Å². The van der Waals surface area contributed by atoms with Crippen molar-refractivity contribution < 1.29 is 23.8 Å². The van der Waals surface area contributed by atoms with E-state index < -0.39 is 11.4 Å². The molecule has 2 saturated heterocycles. The number of hydrogen-bond donors (Lipinski definition) is 0. The van der Waals surface area contributed by atoms with E-state index in [9.17, 15) is 14.9 Å². The zero-order valence-electron chi connectivity index (χ0n) is 14.4. The predicted octanol–water partition coefficient (Wildman–Crippen LogP) is 0.674. The van der Waals surface area contributed by atoms with Crippen LogP contribution in [0.3, 0.4) is 0 Å². The number of anilines is 1. The normalized spacial score (nSPS) is 24.6. The summed E-state index contributed by atoms with van der Waals surface area (Å²) in [5.74, 6) is -0.399. The smallest absolute Gasteiger partial charge is 0.339 e. The van der Waals surface area contributed by atoms with E-state index >= 15 is 0 Å². The molecule has 2 fully saturated rings. The number of methoxy groups -OCH3 is 2. The van der Waals surface area contributed by atoms with Gasteiger partial charge >= 0.3 is 11.9 Å². The first-order valence-corrected chi connectivity index (χ1v) is 7.88. The lowest BCUT2D eigenvalue weighted by atomic mass is 9.81. The maximum atomic E-state index is 12.3. The summed E-state index contributed by atoms with van der Waals surface area (Å²) in [5, 5.41) is 9.49. The van der Waals surface area contributed by atoms with E-state index in [1.54, 1.807) is 6.92 Å². The molecule has 1 aromatic rings. The average molecular weight is 345 g/mol. The van der Waals surface area contributed by atoms with Crippen LogP contribution in [0.5, 0.6) is 0 Å². The number of hydrogen-bond acceptors (Lipinski definition) is 8. The van der Waals surface area contributed by atoms with Gasteiger partial charge in [-0.05, 0) is 13.0 Å². The summed E-state index contributed by atoms with van der Waals surface area (Å²) >= 11 is 0. The first-order chi connectivity index (χ1) is 12.0. The molecule has 0 amide bonds. The molecule has 3 rings (SSSR count). The predicted molar refractivity (Wildman–Crippen MR) is 86.0 cm³/mol. The summed E-state index contributed by atoms with van der Waals surface area (Å²) < 4.78 is 15.2. The summed E-state index contributed by atoms with van der Waals surface area (Å²) in [5.41, 5.74) is 0.263. The van der Waals surface area contributed by atoms with Crippen molar-refractivity contribution in [3.05, 3.63) is 22.9 Å². The van der Waals surface area contributed by atoms with Crippen molar-refractivity contribution in [3.63, 3.8) is 0 Å². The largest absolute Gasteiger partial charge is 0.468 e. The highest BCUT2D eigenvalue weighted by molar-refractivity contribution is 5.91. The molecule has 1 aromatic heterocycles. The van der Waals surface area contributed by atoms with Gasteiger partial charge in [0, 0.05) is 19.0 Å². The zero-order valence-corrected chi connectivity index (χ0v) is 14.4. The number of nitriles is 1. The summed E-state index contributed by atoms with van der Waals surface area (Å²) in [6.07, 6.45) is 0. The van der Waals surface area contributed by atoms with E-state index in [0.717, 1.165) is 0 Å². The lowest BCUT2D eigenvalue weighted by Crippen LogP contribution is -2.40. The van der Waals surface area contributed by atoms with Crippen LogP contribution in [-0.4, -0.2) is 57.4 Å². The molecule has 0 aliphatic carbocycles. The molecular formula is C17H19N3O5. The highest BCUT2D eigenvalue weighted by Gasteiger charge is 2.57. The van der Waals surface area contributed by atoms with E-state index in [1.165, 1.54) is 20.3 Å². The van der Waals surface area contributed by atoms with E-state index in [0.29, 0.717) is 37.8 Å². The summed E-state index contributed by atoms with van der Waals surface area (Å²) in [6, 6.07) is 3.57. The second kappa shape index (κ2) is 6.33. The molecular weight excluding hydrogens is 326 g/mol.